The van der Waals surface area contributed by atoms with Crippen molar-refractivity contribution in [3.63, 3.8) is 0 Å². The van der Waals surface area contributed by atoms with Gasteiger partial charge in [-0.15, -0.1) is 0 Å². The Bertz CT molecular complexity index is 498. The van der Waals surface area contributed by atoms with E-state index in [4.69, 9.17) is 0 Å². The quantitative estimate of drug-likeness (QED) is 0.803. The minimum absolute atomic E-state index is 0.0294. The molecule has 1 atom stereocenters. The molecule has 19 heavy (non-hydrogen) atoms. The Morgan fingerprint density at radius 1 is 1.16 bits per heavy atom. The molecule has 0 saturated heterocycles. The van der Waals surface area contributed by atoms with Crippen molar-refractivity contribution in [1.29, 1.82) is 0 Å². The van der Waals surface area contributed by atoms with E-state index in [0.717, 1.165) is 17.7 Å². The highest BCUT2D eigenvalue weighted by Gasteiger charge is 2.17. The van der Waals surface area contributed by atoms with Crippen LogP contribution in [0.25, 0.3) is 0 Å². The van der Waals surface area contributed by atoms with Crippen molar-refractivity contribution >= 4 is 10.0 Å². The molecule has 0 aliphatic rings. The molecule has 1 aromatic carbocycles. The zero-order chi connectivity index (χ0) is 14.5. The number of nitrogens with one attached hydrogen (secondary N) is 2. The predicted molar refractivity (Wildman–Crippen MR) is 79.3 cm³/mol. The molecule has 0 radical (unpaired) electrons. The maximum absolute atomic E-state index is 12.1. The van der Waals surface area contributed by atoms with Gasteiger partial charge in [-0.3, -0.25) is 0 Å². The Balaban J connectivity index is 2.75. The first-order valence-electron chi connectivity index (χ1n) is 6.56. The van der Waals surface area contributed by atoms with Crippen LogP contribution in [-0.2, 0) is 22.3 Å². The van der Waals surface area contributed by atoms with Gasteiger partial charge in [-0.05, 0) is 31.0 Å². The van der Waals surface area contributed by atoms with E-state index in [1.807, 2.05) is 52.1 Å². The Morgan fingerprint density at radius 3 is 2.37 bits per heavy atom. The van der Waals surface area contributed by atoms with Crippen LogP contribution in [-0.4, -0.2) is 21.5 Å². The monoisotopic (exact) mass is 284 g/mol. The van der Waals surface area contributed by atoms with Gasteiger partial charge in [0.05, 0.1) is 5.75 Å². The number of sulfonamides is 1. The van der Waals surface area contributed by atoms with Gasteiger partial charge in [-0.25, -0.2) is 13.1 Å². The van der Waals surface area contributed by atoms with Crippen molar-refractivity contribution < 1.29 is 8.42 Å². The number of rotatable bonds is 7. The van der Waals surface area contributed by atoms with Crippen molar-refractivity contribution in [3.05, 3.63) is 35.4 Å². The third-order valence-electron chi connectivity index (χ3n) is 3.09. The summed E-state index contributed by atoms with van der Waals surface area (Å²) in [7, 11) is -1.41. The van der Waals surface area contributed by atoms with Gasteiger partial charge >= 0.3 is 0 Å². The van der Waals surface area contributed by atoms with Crippen LogP contribution in [0, 0.1) is 5.92 Å². The molecule has 4 nitrogen and oxygen atoms in total. The fourth-order valence-corrected chi connectivity index (χ4v) is 3.25. The Hall–Kier alpha value is -0.910. The van der Waals surface area contributed by atoms with Crippen molar-refractivity contribution in [1.82, 2.24) is 10.0 Å². The van der Waals surface area contributed by atoms with Crippen molar-refractivity contribution in [3.8, 4) is 0 Å². The summed E-state index contributed by atoms with van der Waals surface area (Å²) in [5.41, 5.74) is 1.91. The van der Waals surface area contributed by atoms with Gasteiger partial charge in [-0.1, -0.05) is 38.1 Å². The van der Waals surface area contributed by atoms with Crippen molar-refractivity contribution in [2.75, 3.05) is 7.05 Å². The predicted octanol–water partition coefficient (Wildman–Crippen LogP) is 1.87. The molecule has 108 valence electrons. The van der Waals surface area contributed by atoms with E-state index in [-0.39, 0.29) is 17.7 Å². The molecule has 0 aliphatic heterocycles. The lowest BCUT2D eigenvalue weighted by atomic mass is 10.1. The van der Waals surface area contributed by atoms with E-state index >= 15 is 0 Å². The first-order chi connectivity index (χ1) is 8.84. The molecule has 0 spiro atoms. The Labute approximate surface area is 116 Å². The smallest absolute Gasteiger partial charge is 0.216 e. The van der Waals surface area contributed by atoms with Crippen LogP contribution in [0.3, 0.4) is 0 Å². The van der Waals surface area contributed by atoms with Gasteiger partial charge < -0.3 is 5.32 Å². The SMILES string of the molecule is CNCc1cccc(CS(=O)(=O)NC(C)C(C)C)c1. The highest BCUT2D eigenvalue weighted by molar-refractivity contribution is 7.88. The molecule has 0 amide bonds. The Kier molecular flexibility index (Phi) is 5.97. The summed E-state index contributed by atoms with van der Waals surface area (Å²) in [5.74, 6) is 0.312. The lowest BCUT2D eigenvalue weighted by Crippen LogP contribution is -2.36. The van der Waals surface area contributed by atoms with E-state index in [2.05, 4.69) is 10.0 Å². The molecule has 0 aromatic heterocycles. The molecule has 2 N–H and O–H groups in total. The molecule has 0 saturated carbocycles. The van der Waals surface area contributed by atoms with Crippen LogP contribution in [0.4, 0.5) is 0 Å². The van der Waals surface area contributed by atoms with Crippen LogP contribution < -0.4 is 10.0 Å². The van der Waals surface area contributed by atoms with Gasteiger partial charge in [-0.2, -0.15) is 0 Å². The molecule has 0 heterocycles. The van der Waals surface area contributed by atoms with Crippen LogP contribution in [0.1, 0.15) is 31.9 Å². The number of hydrogen-bond acceptors (Lipinski definition) is 3. The van der Waals surface area contributed by atoms with Gasteiger partial charge in [0.15, 0.2) is 0 Å². The maximum atomic E-state index is 12.1. The first-order valence-corrected chi connectivity index (χ1v) is 8.21. The standard InChI is InChI=1S/C14H24N2O2S/c1-11(2)12(3)16-19(17,18)10-14-7-5-6-13(8-14)9-15-4/h5-8,11-12,15-16H,9-10H2,1-4H3. The topological polar surface area (TPSA) is 58.2 Å². The van der Waals surface area contributed by atoms with E-state index < -0.39 is 10.0 Å². The lowest BCUT2D eigenvalue weighted by Gasteiger charge is -2.17. The number of benzene rings is 1. The van der Waals surface area contributed by atoms with Crippen LogP contribution in [0.15, 0.2) is 24.3 Å². The summed E-state index contributed by atoms with van der Waals surface area (Å²) in [6.07, 6.45) is 0. The second kappa shape index (κ2) is 7.03. The fraction of sp³-hybridized carbons (Fsp3) is 0.571. The van der Waals surface area contributed by atoms with Gasteiger partial charge in [0.25, 0.3) is 0 Å². The highest BCUT2D eigenvalue weighted by Crippen LogP contribution is 2.10. The van der Waals surface area contributed by atoms with E-state index in [9.17, 15) is 8.42 Å². The zero-order valence-corrected chi connectivity index (χ0v) is 12.9. The van der Waals surface area contributed by atoms with E-state index in [1.54, 1.807) is 0 Å². The van der Waals surface area contributed by atoms with E-state index in [1.165, 1.54) is 0 Å². The van der Waals surface area contributed by atoms with Crippen LogP contribution in [0.2, 0.25) is 0 Å². The van der Waals surface area contributed by atoms with Crippen LogP contribution >= 0.6 is 0 Å². The molecular weight excluding hydrogens is 260 g/mol. The van der Waals surface area contributed by atoms with Crippen molar-refractivity contribution in [2.45, 2.75) is 39.1 Å². The maximum Gasteiger partial charge on any atom is 0.216 e. The van der Waals surface area contributed by atoms with Gasteiger partial charge in [0, 0.05) is 12.6 Å². The molecule has 5 heteroatoms. The molecular formula is C14H24N2O2S. The summed E-state index contributed by atoms with van der Waals surface area (Å²) in [5, 5.41) is 3.06. The van der Waals surface area contributed by atoms with Crippen LogP contribution in [0.5, 0.6) is 0 Å². The summed E-state index contributed by atoms with van der Waals surface area (Å²) in [6.45, 7) is 6.63. The Morgan fingerprint density at radius 2 is 1.79 bits per heavy atom. The first kappa shape index (κ1) is 16.1. The molecule has 0 bridgehead atoms. The normalized spacial score (nSPS) is 13.7. The van der Waals surface area contributed by atoms with Gasteiger partial charge in [0.2, 0.25) is 10.0 Å². The largest absolute Gasteiger partial charge is 0.316 e. The van der Waals surface area contributed by atoms with Crippen molar-refractivity contribution in [2.24, 2.45) is 5.92 Å². The molecule has 1 aromatic rings. The molecule has 0 fully saturated rings. The summed E-state index contributed by atoms with van der Waals surface area (Å²) in [4.78, 5) is 0. The third-order valence-corrected chi connectivity index (χ3v) is 4.54. The average Bonchev–Trinajstić information content (AvgIpc) is 2.28. The minimum atomic E-state index is -3.28. The summed E-state index contributed by atoms with van der Waals surface area (Å²) in [6, 6.07) is 7.60. The second-order valence-electron chi connectivity index (χ2n) is 5.26. The number of hydrogen-bond donors (Lipinski definition) is 2. The molecule has 1 unspecified atom stereocenters. The fourth-order valence-electron chi connectivity index (χ4n) is 1.71. The van der Waals surface area contributed by atoms with Gasteiger partial charge in [0.1, 0.15) is 0 Å². The van der Waals surface area contributed by atoms with E-state index in [0.29, 0.717) is 0 Å². The molecule has 1 rings (SSSR count). The highest BCUT2D eigenvalue weighted by atomic mass is 32.2. The second-order valence-corrected chi connectivity index (χ2v) is 7.01. The lowest BCUT2D eigenvalue weighted by molar-refractivity contribution is 0.476. The average molecular weight is 284 g/mol. The molecule has 0 aliphatic carbocycles. The summed E-state index contributed by atoms with van der Waals surface area (Å²) >= 11 is 0. The minimum Gasteiger partial charge on any atom is -0.316 e. The third kappa shape index (κ3) is 5.72. The summed E-state index contributed by atoms with van der Waals surface area (Å²) < 4.78 is 26.8. The zero-order valence-electron chi connectivity index (χ0n) is 12.1.